The summed E-state index contributed by atoms with van der Waals surface area (Å²) >= 11 is 12.4. The highest BCUT2D eigenvalue weighted by molar-refractivity contribution is 6.35. The molecule has 0 unspecified atom stereocenters. The zero-order valence-electron chi connectivity index (χ0n) is 25.8. The quantitative estimate of drug-likeness (QED) is 0.183. The van der Waals surface area contributed by atoms with Gasteiger partial charge >= 0.3 is 5.97 Å². The molecule has 0 bridgehead atoms. The number of esters is 1. The van der Waals surface area contributed by atoms with Crippen LogP contribution in [0.3, 0.4) is 0 Å². The van der Waals surface area contributed by atoms with E-state index in [2.05, 4.69) is 35.9 Å². The largest absolute Gasteiger partial charge is 0.456 e. The smallest absolute Gasteiger partial charge is 0.339 e. The lowest BCUT2D eigenvalue weighted by Gasteiger charge is -2.20. The lowest BCUT2D eigenvalue weighted by atomic mass is 9.98. The Labute approximate surface area is 268 Å². The first-order chi connectivity index (χ1) is 20.8. The van der Waals surface area contributed by atoms with Gasteiger partial charge in [0, 0.05) is 38.8 Å². The van der Waals surface area contributed by atoms with Gasteiger partial charge < -0.3 is 14.6 Å². The fraction of sp³-hybridized carbons (Fsp3) is 0.243. The fourth-order valence-corrected chi connectivity index (χ4v) is 6.00. The van der Waals surface area contributed by atoms with Gasteiger partial charge in [-0.1, -0.05) is 71.7 Å². The van der Waals surface area contributed by atoms with Crippen LogP contribution < -0.4 is 5.32 Å². The van der Waals surface area contributed by atoms with Crippen LogP contribution in [0.25, 0.3) is 22.0 Å². The van der Waals surface area contributed by atoms with E-state index >= 15 is 0 Å². The van der Waals surface area contributed by atoms with Crippen LogP contribution in [-0.4, -0.2) is 22.0 Å². The number of aryl methyl sites for hydroxylation is 1. The van der Waals surface area contributed by atoms with Crippen LogP contribution in [0.1, 0.15) is 76.8 Å². The molecule has 1 amide bonds. The predicted molar refractivity (Wildman–Crippen MR) is 180 cm³/mol. The Balaban J connectivity index is 1.37. The SMILES string of the molecule is Cc1c(C)n(Cc2ccc(-c3ccccc3C(=O)OC(C)(C)C)cc2)c2ccc(C(=O)N[C@@H](C)c3ccc(Cl)cc3Cl)cc12. The number of carbonyl (C=O) groups is 2. The highest BCUT2D eigenvalue weighted by Crippen LogP contribution is 2.30. The van der Waals surface area contributed by atoms with Crippen molar-refractivity contribution in [3.63, 3.8) is 0 Å². The zero-order chi connectivity index (χ0) is 31.8. The van der Waals surface area contributed by atoms with E-state index in [1.165, 1.54) is 0 Å². The molecule has 0 saturated heterocycles. The van der Waals surface area contributed by atoms with E-state index in [0.29, 0.717) is 27.7 Å². The number of aromatic nitrogens is 1. The summed E-state index contributed by atoms with van der Waals surface area (Å²) in [6.45, 7) is 12.4. The van der Waals surface area contributed by atoms with Crippen molar-refractivity contribution < 1.29 is 14.3 Å². The summed E-state index contributed by atoms with van der Waals surface area (Å²) in [6, 6.07) is 26.6. The summed E-state index contributed by atoms with van der Waals surface area (Å²) in [7, 11) is 0. The molecule has 1 atom stereocenters. The summed E-state index contributed by atoms with van der Waals surface area (Å²) < 4.78 is 7.91. The predicted octanol–water partition coefficient (Wildman–Crippen LogP) is 9.73. The Hall–Kier alpha value is -4.06. The van der Waals surface area contributed by atoms with Crippen LogP contribution in [0.2, 0.25) is 10.0 Å². The maximum Gasteiger partial charge on any atom is 0.339 e. The number of hydrogen-bond donors (Lipinski definition) is 1. The van der Waals surface area contributed by atoms with Gasteiger partial charge in [0.05, 0.1) is 11.6 Å². The molecule has 44 heavy (non-hydrogen) atoms. The standard InChI is InChI=1S/C37H36Cl2N2O3/c1-22-24(3)41(21-25-11-13-26(14-12-25)30-9-7-8-10-31(30)36(43)44-37(4,5)6)34-18-15-27(19-32(22)34)35(42)40-23(2)29-17-16-28(38)20-33(29)39/h7-20,23H,21H2,1-6H3,(H,40,42)/t23-/m0/s1. The first-order valence-electron chi connectivity index (χ1n) is 14.6. The maximum atomic E-state index is 13.2. The molecule has 1 aromatic heterocycles. The third-order valence-electron chi connectivity index (χ3n) is 7.83. The number of carbonyl (C=O) groups excluding carboxylic acids is 2. The van der Waals surface area contributed by atoms with E-state index in [9.17, 15) is 9.59 Å². The number of benzene rings is 4. The number of amides is 1. The lowest BCUT2D eigenvalue weighted by Crippen LogP contribution is -2.26. The maximum absolute atomic E-state index is 13.2. The highest BCUT2D eigenvalue weighted by Gasteiger charge is 2.21. The van der Waals surface area contributed by atoms with E-state index in [1.807, 2.05) is 82.3 Å². The van der Waals surface area contributed by atoms with Crippen LogP contribution in [0, 0.1) is 13.8 Å². The number of rotatable bonds is 7. The Bertz CT molecular complexity index is 1870. The van der Waals surface area contributed by atoms with Gasteiger partial charge in [-0.3, -0.25) is 4.79 Å². The molecule has 1 N–H and O–H groups in total. The molecule has 226 valence electrons. The Morgan fingerprint density at radius 2 is 1.61 bits per heavy atom. The van der Waals surface area contributed by atoms with Crippen LogP contribution in [0.5, 0.6) is 0 Å². The Kier molecular flexibility index (Phi) is 8.92. The number of fused-ring (bicyclic) bond motifs is 1. The van der Waals surface area contributed by atoms with Gasteiger partial charge in [-0.15, -0.1) is 0 Å². The molecular formula is C37H36Cl2N2O3. The van der Waals surface area contributed by atoms with E-state index < -0.39 is 5.60 Å². The zero-order valence-corrected chi connectivity index (χ0v) is 27.3. The summed E-state index contributed by atoms with van der Waals surface area (Å²) in [5.74, 6) is -0.504. The molecule has 7 heteroatoms. The average molecular weight is 628 g/mol. The minimum atomic E-state index is -0.571. The normalized spacial score (nSPS) is 12.3. The summed E-state index contributed by atoms with van der Waals surface area (Å²) in [5.41, 5.74) is 7.61. The topological polar surface area (TPSA) is 60.3 Å². The molecule has 0 aliphatic rings. The van der Waals surface area contributed by atoms with Crippen LogP contribution in [0.15, 0.2) is 84.9 Å². The van der Waals surface area contributed by atoms with Crippen molar-refractivity contribution >= 4 is 46.0 Å². The second-order valence-electron chi connectivity index (χ2n) is 12.1. The first kappa shape index (κ1) is 31.4. The third-order valence-corrected chi connectivity index (χ3v) is 8.39. The van der Waals surface area contributed by atoms with E-state index in [4.69, 9.17) is 27.9 Å². The summed E-state index contributed by atoms with van der Waals surface area (Å²) in [4.78, 5) is 26.1. The minimum absolute atomic E-state index is 0.169. The minimum Gasteiger partial charge on any atom is -0.456 e. The first-order valence-corrected chi connectivity index (χ1v) is 15.3. The molecule has 0 aliphatic carbocycles. The highest BCUT2D eigenvalue weighted by atomic mass is 35.5. The van der Waals surface area contributed by atoms with Crippen LogP contribution in [-0.2, 0) is 11.3 Å². The lowest BCUT2D eigenvalue weighted by molar-refractivity contribution is 0.00703. The number of ether oxygens (including phenoxy) is 1. The van der Waals surface area contributed by atoms with E-state index in [0.717, 1.165) is 44.4 Å². The monoisotopic (exact) mass is 626 g/mol. The van der Waals surface area contributed by atoms with E-state index in [1.54, 1.807) is 18.2 Å². The number of nitrogens with one attached hydrogen (secondary N) is 1. The van der Waals surface area contributed by atoms with Crippen molar-refractivity contribution in [1.82, 2.24) is 9.88 Å². The molecule has 0 saturated carbocycles. The average Bonchev–Trinajstić information content (AvgIpc) is 3.20. The van der Waals surface area contributed by atoms with E-state index in [-0.39, 0.29) is 17.9 Å². The molecule has 4 aromatic carbocycles. The summed E-state index contributed by atoms with van der Waals surface area (Å²) in [6.07, 6.45) is 0. The Morgan fingerprint density at radius 3 is 2.30 bits per heavy atom. The van der Waals surface area contributed by atoms with Crippen LogP contribution >= 0.6 is 23.2 Å². The fourth-order valence-electron chi connectivity index (χ4n) is 5.42. The van der Waals surface area contributed by atoms with Gasteiger partial charge in [0.25, 0.3) is 5.91 Å². The van der Waals surface area contributed by atoms with Crippen molar-refractivity contribution in [1.29, 1.82) is 0 Å². The Morgan fingerprint density at radius 1 is 0.909 bits per heavy atom. The molecule has 5 rings (SSSR count). The molecule has 5 nitrogen and oxygen atoms in total. The number of halogens is 2. The molecule has 1 heterocycles. The number of hydrogen-bond acceptors (Lipinski definition) is 3. The molecule has 0 fully saturated rings. The molecule has 5 aromatic rings. The van der Waals surface area contributed by atoms with Gasteiger partial charge in [-0.2, -0.15) is 0 Å². The van der Waals surface area contributed by atoms with Gasteiger partial charge in [0.1, 0.15) is 5.60 Å². The number of nitrogens with zero attached hydrogens (tertiary/aromatic N) is 1. The van der Waals surface area contributed by atoms with Crippen molar-refractivity contribution in [3.8, 4) is 11.1 Å². The van der Waals surface area contributed by atoms with Crippen molar-refractivity contribution in [2.45, 2.75) is 59.7 Å². The van der Waals surface area contributed by atoms with Gasteiger partial charge in [-0.25, -0.2) is 4.79 Å². The third kappa shape index (κ3) is 6.69. The van der Waals surface area contributed by atoms with Crippen LogP contribution in [0.4, 0.5) is 0 Å². The van der Waals surface area contributed by atoms with Crippen molar-refractivity contribution in [3.05, 3.63) is 128 Å². The molecular weight excluding hydrogens is 591 g/mol. The summed E-state index contributed by atoms with van der Waals surface area (Å²) in [5, 5.41) is 5.17. The van der Waals surface area contributed by atoms with Gasteiger partial charge in [0.2, 0.25) is 0 Å². The molecule has 0 aliphatic heterocycles. The second-order valence-corrected chi connectivity index (χ2v) is 13.0. The molecule has 0 spiro atoms. The van der Waals surface area contributed by atoms with Gasteiger partial charge in [-0.05, 0) is 106 Å². The van der Waals surface area contributed by atoms with Crippen molar-refractivity contribution in [2.75, 3.05) is 0 Å². The second kappa shape index (κ2) is 12.5. The van der Waals surface area contributed by atoms with Crippen molar-refractivity contribution in [2.24, 2.45) is 0 Å². The molecule has 0 radical (unpaired) electrons. The van der Waals surface area contributed by atoms with Gasteiger partial charge in [0.15, 0.2) is 0 Å².